The molecule has 4 rings (SSSR count). The van der Waals surface area contributed by atoms with Gasteiger partial charge in [0.05, 0.1) is 10.6 Å². The van der Waals surface area contributed by atoms with E-state index in [1.807, 2.05) is 0 Å². The van der Waals surface area contributed by atoms with Crippen molar-refractivity contribution in [1.82, 2.24) is 15.5 Å². The average Bonchev–Trinajstić information content (AvgIpc) is 3.06. The minimum Gasteiger partial charge on any atom is -0.410 e. The second kappa shape index (κ2) is 6.28. The predicted octanol–water partition coefficient (Wildman–Crippen LogP) is 3.29. The van der Waals surface area contributed by atoms with E-state index < -0.39 is 0 Å². The number of amides is 1. The van der Waals surface area contributed by atoms with Crippen molar-refractivity contribution in [1.29, 1.82) is 0 Å². The minimum absolute atomic E-state index is 0.0397. The minimum atomic E-state index is 0.0397. The summed E-state index contributed by atoms with van der Waals surface area (Å²) in [7, 11) is 0. The van der Waals surface area contributed by atoms with E-state index in [0.29, 0.717) is 22.9 Å². The van der Waals surface area contributed by atoms with Crippen molar-refractivity contribution >= 4 is 29.0 Å². The Labute approximate surface area is 143 Å². The van der Waals surface area contributed by atoms with E-state index in [4.69, 9.17) is 4.42 Å². The lowest BCUT2D eigenvalue weighted by molar-refractivity contribution is -0.118. The summed E-state index contributed by atoms with van der Waals surface area (Å²) in [5.41, 5.74) is 1.43. The quantitative estimate of drug-likeness (QED) is 0.839. The smallest absolute Gasteiger partial charge is 0.277 e. The van der Waals surface area contributed by atoms with Gasteiger partial charge in [-0.1, -0.05) is 18.7 Å². The van der Waals surface area contributed by atoms with Crippen molar-refractivity contribution in [3.8, 4) is 10.8 Å². The molecule has 0 bridgehead atoms. The number of aryl methyl sites for hydroxylation is 1. The number of hydrogen-bond acceptors (Lipinski definition) is 6. The van der Waals surface area contributed by atoms with Gasteiger partial charge in [0.2, 0.25) is 5.91 Å². The molecule has 0 aromatic carbocycles. The number of aromatic nitrogens is 2. The number of thiophene rings is 1. The lowest BCUT2D eigenvalue weighted by Gasteiger charge is -2.16. The van der Waals surface area contributed by atoms with Crippen LogP contribution in [0.25, 0.3) is 10.8 Å². The van der Waals surface area contributed by atoms with Crippen LogP contribution in [0, 0.1) is 5.92 Å². The zero-order chi connectivity index (χ0) is 15.8. The number of fused-ring (bicyclic) bond motifs is 1. The first-order valence-electron chi connectivity index (χ1n) is 8.05. The molecular formula is C16H19N3O2S2. The first-order valence-corrected chi connectivity index (χ1v) is 9.85. The highest BCUT2D eigenvalue weighted by atomic mass is 32.2. The zero-order valence-corrected chi connectivity index (χ0v) is 14.6. The summed E-state index contributed by atoms with van der Waals surface area (Å²) >= 11 is 3.06. The summed E-state index contributed by atoms with van der Waals surface area (Å²) in [5, 5.41) is 11.6. The molecule has 5 nitrogen and oxygen atoms in total. The Kier molecular flexibility index (Phi) is 4.15. The van der Waals surface area contributed by atoms with Crippen molar-refractivity contribution in [2.75, 3.05) is 5.75 Å². The van der Waals surface area contributed by atoms with Crippen LogP contribution in [0.4, 0.5) is 0 Å². The molecule has 2 aromatic heterocycles. The molecule has 0 unspecified atom stereocenters. The van der Waals surface area contributed by atoms with Crippen LogP contribution in [0.1, 0.15) is 36.6 Å². The van der Waals surface area contributed by atoms with Crippen LogP contribution in [0.5, 0.6) is 0 Å². The standard InChI is InChI=1S/C16H19N3O2S2/c1-9-2-5-12-10(6-9)7-13(23-12)15-18-19-16(21-15)22-8-14(20)17-11-3-4-11/h7,9,11H,2-6,8H2,1H3,(H,17,20)/t9-/m1/s1. The second-order valence-corrected chi connectivity index (χ2v) is 8.47. The number of nitrogens with one attached hydrogen (secondary N) is 1. The number of rotatable bonds is 5. The van der Waals surface area contributed by atoms with Crippen molar-refractivity contribution in [2.45, 2.75) is 50.3 Å². The van der Waals surface area contributed by atoms with Crippen LogP contribution < -0.4 is 5.32 Å². The van der Waals surface area contributed by atoms with Crippen molar-refractivity contribution in [3.05, 3.63) is 16.5 Å². The van der Waals surface area contributed by atoms with Gasteiger partial charge in [0.1, 0.15) is 0 Å². The fourth-order valence-corrected chi connectivity index (χ4v) is 4.51. The predicted molar refractivity (Wildman–Crippen MR) is 90.7 cm³/mol. The van der Waals surface area contributed by atoms with Gasteiger partial charge < -0.3 is 9.73 Å². The summed E-state index contributed by atoms with van der Waals surface area (Å²) in [5.74, 6) is 1.69. The van der Waals surface area contributed by atoms with Crippen LogP contribution >= 0.6 is 23.1 Å². The monoisotopic (exact) mass is 349 g/mol. The van der Waals surface area contributed by atoms with Crippen LogP contribution in [0.15, 0.2) is 15.7 Å². The highest BCUT2D eigenvalue weighted by molar-refractivity contribution is 7.99. The lowest BCUT2D eigenvalue weighted by atomic mass is 9.90. The third-order valence-corrected chi connectivity index (χ3v) is 6.26. The maximum atomic E-state index is 11.7. The summed E-state index contributed by atoms with van der Waals surface area (Å²) in [4.78, 5) is 14.2. The Morgan fingerprint density at radius 2 is 2.30 bits per heavy atom. The van der Waals surface area contributed by atoms with Gasteiger partial charge in [-0.05, 0) is 49.7 Å². The molecule has 122 valence electrons. The number of carbonyl (C=O) groups is 1. The van der Waals surface area contributed by atoms with Crippen LogP contribution in [0.3, 0.4) is 0 Å². The normalized spacial score (nSPS) is 20.3. The topological polar surface area (TPSA) is 68.0 Å². The second-order valence-electron chi connectivity index (χ2n) is 6.41. The van der Waals surface area contributed by atoms with Crippen molar-refractivity contribution in [3.63, 3.8) is 0 Å². The largest absolute Gasteiger partial charge is 0.410 e. The zero-order valence-electron chi connectivity index (χ0n) is 13.0. The van der Waals surface area contributed by atoms with Gasteiger partial charge >= 0.3 is 0 Å². The average molecular weight is 349 g/mol. The molecule has 1 fully saturated rings. The van der Waals surface area contributed by atoms with Crippen LogP contribution in [-0.4, -0.2) is 27.9 Å². The Morgan fingerprint density at radius 1 is 1.43 bits per heavy atom. The first-order chi connectivity index (χ1) is 11.2. The molecule has 2 heterocycles. The highest BCUT2D eigenvalue weighted by Gasteiger charge is 2.24. The number of hydrogen-bond donors (Lipinski definition) is 1. The third-order valence-electron chi connectivity index (χ3n) is 4.22. The Bertz CT molecular complexity index is 721. The van der Waals surface area contributed by atoms with E-state index in [1.165, 1.54) is 28.6 Å². The maximum Gasteiger partial charge on any atom is 0.277 e. The van der Waals surface area contributed by atoms with Gasteiger partial charge in [-0.3, -0.25) is 4.79 Å². The van der Waals surface area contributed by atoms with E-state index in [2.05, 4.69) is 28.5 Å². The molecule has 0 spiro atoms. The first kappa shape index (κ1) is 15.2. The molecule has 1 atom stereocenters. The van der Waals surface area contributed by atoms with E-state index >= 15 is 0 Å². The van der Waals surface area contributed by atoms with Crippen LogP contribution in [-0.2, 0) is 17.6 Å². The molecular weight excluding hydrogens is 330 g/mol. The third kappa shape index (κ3) is 3.61. The summed E-state index contributed by atoms with van der Waals surface area (Å²) in [6.07, 6.45) is 5.75. The van der Waals surface area contributed by atoms with E-state index in [9.17, 15) is 4.79 Å². The number of thioether (sulfide) groups is 1. The fourth-order valence-electron chi connectivity index (χ4n) is 2.80. The van der Waals surface area contributed by atoms with Gasteiger partial charge in [0, 0.05) is 10.9 Å². The summed E-state index contributed by atoms with van der Waals surface area (Å²) in [6, 6.07) is 2.58. The molecule has 0 radical (unpaired) electrons. The molecule has 2 aliphatic carbocycles. The lowest BCUT2D eigenvalue weighted by Crippen LogP contribution is -2.26. The van der Waals surface area contributed by atoms with E-state index in [0.717, 1.165) is 36.5 Å². The molecule has 2 aliphatic rings. The van der Waals surface area contributed by atoms with Crippen molar-refractivity contribution in [2.24, 2.45) is 5.92 Å². The molecule has 2 aromatic rings. The van der Waals surface area contributed by atoms with E-state index in [-0.39, 0.29) is 5.91 Å². The number of nitrogens with zero attached hydrogens (tertiary/aromatic N) is 2. The van der Waals surface area contributed by atoms with Crippen molar-refractivity contribution < 1.29 is 9.21 Å². The molecule has 23 heavy (non-hydrogen) atoms. The number of carbonyl (C=O) groups excluding carboxylic acids is 1. The Hall–Kier alpha value is -1.34. The fraction of sp³-hybridized carbons (Fsp3) is 0.562. The SMILES string of the molecule is C[C@@H]1CCc2sc(-c3nnc(SCC(=O)NC4CC4)o3)cc2C1. The maximum absolute atomic E-state index is 11.7. The molecule has 7 heteroatoms. The summed E-state index contributed by atoms with van der Waals surface area (Å²) in [6.45, 7) is 2.30. The molecule has 0 aliphatic heterocycles. The van der Waals surface area contributed by atoms with Gasteiger partial charge in [-0.25, -0.2) is 0 Å². The molecule has 1 N–H and O–H groups in total. The molecule has 1 saturated carbocycles. The van der Waals surface area contributed by atoms with Gasteiger partial charge in [0.25, 0.3) is 11.1 Å². The van der Waals surface area contributed by atoms with E-state index in [1.54, 1.807) is 11.3 Å². The summed E-state index contributed by atoms with van der Waals surface area (Å²) < 4.78 is 5.72. The highest BCUT2D eigenvalue weighted by Crippen LogP contribution is 2.37. The molecule has 0 saturated heterocycles. The Balaban J connectivity index is 1.40. The van der Waals surface area contributed by atoms with Gasteiger partial charge in [-0.15, -0.1) is 21.5 Å². The van der Waals surface area contributed by atoms with Gasteiger partial charge in [-0.2, -0.15) is 0 Å². The van der Waals surface area contributed by atoms with Crippen LogP contribution in [0.2, 0.25) is 0 Å². The van der Waals surface area contributed by atoms with Gasteiger partial charge in [0.15, 0.2) is 0 Å². The Morgan fingerprint density at radius 3 is 3.13 bits per heavy atom. The molecule has 1 amide bonds.